The molecular formula is C17H16N2O5. The van der Waals surface area contributed by atoms with Crippen LogP contribution < -0.4 is 11.2 Å². The molecule has 1 N–H and O–H groups in total. The Kier molecular flexibility index (Phi) is 4.18. The fourth-order valence-electron chi connectivity index (χ4n) is 2.59. The van der Waals surface area contributed by atoms with Crippen LogP contribution >= 0.6 is 0 Å². The van der Waals surface area contributed by atoms with Gasteiger partial charge in [0.05, 0.1) is 12.7 Å². The van der Waals surface area contributed by atoms with Crippen molar-refractivity contribution in [2.45, 2.75) is 19.3 Å². The van der Waals surface area contributed by atoms with Crippen LogP contribution in [0.1, 0.15) is 33.8 Å². The van der Waals surface area contributed by atoms with Gasteiger partial charge in [-0.1, -0.05) is 24.3 Å². The molecule has 0 aliphatic carbocycles. The van der Waals surface area contributed by atoms with E-state index >= 15 is 0 Å². The number of nitrogens with one attached hydrogen (secondary N) is 1. The minimum absolute atomic E-state index is 0.403. The Morgan fingerprint density at radius 1 is 1.25 bits per heavy atom. The predicted molar refractivity (Wildman–Crippen MR) is 85.8 cm³/mol. The lowest BCUT2D eigenvalue weighted by atomic mass is 10.0. The largest absolute Gasteiger partial charge is 0.465 e. The van der Waals surface area contributed by atoms with Crippen LogP contribution in [0.2, 0.25) is 0 Å². The van der Waals surface area contributed by atoms with E-state index in [2.05, 4.69) is 4.98 Å². The summed E-state index contributed by atoms with van der Waals surface area (Å²) in [5.41, 5.74) is 0.482. The zero-order valence-corrected chi connectivity index (χ0v) is 13.2. The number of hydrogen-bond acceptors (Lipinski definition) is 5. The molecule has 0 radical (unpaired) electrons. The molecule has 1 aromatic carbocycles. The molecule has 1 aliphatic rings. The number of aromatic nitrogens is 2. The standard InChI is InChI=1S/C17H16N2O5/c1-10-9-19(17(22)18-15(10)20)14-8-7-13(24-14)11-5-3-4-6-12(11)16(21)23-2/h3-9,13-14H,1-2H3,(H,18,20,22)/t13-,14+/m0/s1. The quantitative estimate of drug-likeness (QED) is 0.680. The first-order valence-corrected chi connectivity index (χ1v) is 7.34. The van der Waals surface area contributed by atoms with Crippen LogP contribution in [0.15, 0.2) is 52.2 Å². The zero-order chi connectivity index (χ0) is 17.3. The molecule has 0 amide bonds. The van der Waals surface area contributed by atoms with Gasteiger partial charge >= 0.3 is 11.7 Å². The first-order valence-electron chi connectivity index (χ1n) is 7.34. The molecule has 7 heteroatoms. The number of carbonyl (C=O) groups is 1. The van der Waals surface area contributed by atoms with Crippen molar-refractivity contribution >= 4 is 5.97 Å². The summed E-state index contributed by atoms with van der Waals surface area (Å²) in [6.45, 7) is 1.61. The molecule has 0 unspecified atom stereocenters. The third kappa shape index (κ3) is 2.81. The van der Waals surface area contributed by atoms with Crippen molar-refractivity contribution < 1.29 is 14.3 Å². The van der Waals surface area contributed by atoms with Crippen molar-refractivity contribution in [3.05, 3.63) is 80.1 Å². The molecular weight excluding hydrogens is 312 g/mol. The minimum Gasteiger partial charge on any atom is -0.465 e. The number of esters is 1. The predicted octanol–water partition coefficient (Wildman–Crippen LogP) is 1.46. The van der Waals surface area contributed by atoms with Crippen LogP contribution in [-0.2, 0) is 9.47 Å². The van der Waals surface area contributed by atoms with Gasteiger partial charge in [0, 0.05) is 11.8 Å². The SMILES string of the molecule is COC(=O)c1ccccc1[C@@H]1C=C[C@H](n2cc(C)c(=O)[nH]c2=O)O1. The van der Waals surface area contributed by atoms with E-state index in [0.29, 0.717) is 16.7 Å². The first-order chi connectivity index (χ1) is 11.5. The fourth-order valence-corrected chi connectivity index (χ4v) is 2.59. The van der Waals surface area contributed by atoms with Gasteiger partial charge in [-0.25, -0.2) is 9.59 Å². The minimum atomic E-state index is -0.663. The van der Waals surface area contributed by atoms with E-state index in [1.54, 1.807) is 43.3 Å². The van der Waals surface area contributed by atoms with E-state index in [1.807, 2.05) is 0 Å². The van der Waals surface area contributed by atoms with Crippen LogP contribution in [0.3, 0.4) is 0 Å². The maximum absolute atomic E-state index is 12.0. The highest BCUT2D eigenvalue weighted by molar-refractivity contribution is 5.91. The molecule has 0 saturated heterocycles. The van der Waals surface area contributed by atoms with Crippen molar-refractivity contribution in [2.24, 2.45) is 0 Å². The Balaban J connectivity index is 1.92. The second-order valence-corrected chi connectivity index (χ2v) is 5.39. The molecule has 0 spiro atoms. The number of rotatable bonds is 3. The number of H-pyrrole nitrogens is 1. The number of aromatic amines is 1. The molecule has 3 rings (SSSR count). The van der Waals surface area contributed by atoms with Gasteiger partial charge in [-0.05, 0) is 24.6 Å². The van der Waals surface area contributed by atoms with E-state index < -0.39 is 29.6 Å². The first kappa shape index (κ1) is 15.9. The molecule has 2 atom stereocenters. The molecule has 2 aromatic rings. The summed E-state index contributed by atoms with van der Waals surface area (Å²) in [6, 6.07) is 6.96. The van der Waals surface area contributed by atoms with Gasteiger partial charge in [0.1, 0.15) is 6.10 Å². The molecule has 124 valence electrons. The maximum atomic E-state index is 12.0. The summed E-state index contributed by atoms with van der Waals surface area (Å²) in [4.78, 5) is 37.6. The lowest BCUT2D eigenvalue weighted by molar-refractivity contribution is 0.0134. The smallest absolute Gasteiger partial charge is 0.338 e. The molecule has 7 nitrogen and oxygen atoms in total. The molecule has 0 fully saturated rings. The van der Waals surface area contributed by atoms with Gasteiger partial charge < -0.3 is 9.47 Å². The van der Waals surface area contributed by atoms with Crippen molar-refractivity contribution in [3.63, 3.8) is 0 Å². The summed E-state index contributed by atoms with van der Waals surface area (Å²) in [6.07, 6.45) is 3.76. The second kappa shape index (κ2) is 6.29. The zero-order valence-electron chi connectivity index (χ0n) is 13.2. The van der Waals surface area contributed by atoms with Crippen molar-refractivity contribution in [3.8, 4) is 0 Å². The summed E-state index contributed by atoms with van der Waals surface area (Å²) >= 11 is 0. The van der Waals surface area contributed by atoms with Crippen molar-refractivity contribution in [2.75, 3.05) is 7.11 Å². The van der Waals surface area contributed by atoms with Gasteiger partial charge in [-0.15, -0.1) is 0 Å². The number of benzene rings is 1. The monoisotopic (exact) mass is 328 g/mol. The average Bonchev–Trinajstić information content (AvgIpc) is 3.07. The number of ether oxygens (including phenoxy) is 2. The highest BCUT2D eigenvalue weighted by atomic mass is 16.5. The Hall–Kier alpha value is -2.93. The van der Waals surface area contributed by atoms with Crippen LogP contribution in [0.5, 0.6) is 0 Å². The summed E-state index contributed by atoms with van der Waals surface area (Å²) in [5, 5.41) is 0. The number of hydrogen-bond donors (Lipinski definition) is 1. The summed E-state index contributed by atoms with van der Waals surface area (Å²) < 4.78 is 11.9. The molecule has 1 aliphatic heterocycles. The molecule has 0 bridgehead atoms. The lowest BCUT2D eigenvalue weighted by Crippen LogP contribution is -2.33. The third-order valence-electron chi connectivity index (χ3n) is 3.83. The normalized spacial score (nSPS) is 19.4. The molecule has 0 saturated carbocycles. The number of aryl methyl sites for hydroxylation is 1. The Morgan fingerprint density at radius 2 is 2.00 bits per heavy atom. The van der Waals surface area contributed by atoms with Crippen molar-refractivity contribution in [1.82, 2.24) is 9.55 Å². The Labute approximate surface area is 137 Å². The van der Waals surface area contributed by atoms with Gasteiger partial charge in [0.2, 0.25) is 0 Å². The van der Waals surface area contributed by atoms with Gasteiger partial charge in [0.15, 0.2) is 6.23 Å². The molecule has 2 heterocycles. The van der Waals surface area contributed by atoms with Crippen LogP contribution in [-0.4, -0.2) is 22.6 Å². The topological polar surface area (TPSA) is 90.4 Å². The molecule has 24 heavy (non-hydrogen) atoms. The highest BCUT2D eigenvalue weighted by Crippen LogP contribution is 2.33. The summed E-state index contributed by atoms with van der Waals surface area (Å²) in [7, 11) is 1.32. The Morgan fingerprint density at radius 3 is 2.75 bits per heavy atom. The van der Waals surface area contributed by atoms with Crippen molar-refractivity contribution in [1.29, 1.82) is 0 Å². The molecule has 1 aromatic heterocycles. The number of carbonyl (C=O) groups excluding carboxylic acids is 1. The lowest BCUT2D eigenvalue weighted by Gasteiger charge is -2.18. The second-order valence-electron chi connectivity index (χ2n) is 5.39. The summed E-state index contributed by atoms with van der Waals surface area (Å²) in [5.74, 6) is -0.455. The third-order valence-corrected chi connectivity index (χ3v) is 3.83. The number of methoxy groups -OCH3 is 1. The van der Waals surface area contributed by atoms with E-state index in [-0.39, 0.29) is 0 Å². The average molecular weight is 328 g/mol. The highest BCUT2D eigenvalue weighted by Gasteiger charge is 2.26. The van der Waals surface area contributed by atoms with Crippen LogP contribution in [0.25, 0.3) is 0 Å². The van der Waals surface area contributed by atoms with Gasteiger partial charge in [-0.3, -0.25) is 14.3 Å². The number of nitrogens with zero attached hydrogens (tertiary/aromatic N) is 1. The van der Waals surface area contributed by atoms with E-state index in [9.17, 15) is 14.4 Å². The maximum Gasteiger partial charge on any atom is 0.338 e. The van der Waals surface area contributed by atoms with E-state index in [4.69, 9.17) is 9.47 Å². The fraction of sp³-hybridized carbons (Fsp3) is 0.235. The van der Waals surface area contributed by atoms with Crippen LogP contribution in [0.4, 0.5) is 0 Å². The Bertz CT molecular complexity index is 925. The van der Waals surface area contributed by atoms with E-state index in [0.717, 1.165) is 0 Å². The van der Waals surface area contributed by atoms with Crippen LogP contribution in [0, 0.1) is 6.92 Å². The van der Waals surface area contributed by atoms with Gasteiger partial charge in [0.25, 0.3) is 5.56 Å². The van der Waals surface area contributed by atoms with E-state index in [1.165, 1.54) is 17.9 Å². The van der Waals surface area contributed by atoms with Gasteiger partial charge in [-0.2, -0.15) is 0 Å².